The molecule has 7 rings (SSSR count). The fraction of sp³-hybridized carbons (Fsp3) is 0.943. The standard InChI is InChI=1S/C35H55NO7/c1-19-34-15-14-33(7)22-8-10-23(30(32(5,6)39)41-20(2)37)42-29(22)28(38)27(33)21(34)9-11-24-31(3,4)25(12-13-35(19,24)34)43-26-18-36-16-17-40-26/h19,21-27,29-30,36,39H,8-18H2,1-7H3/t19-,21?,22-,23?,24-,25?,26?,27?,29?,30?,33?,34?,35?/m0/s1. The molecular formula is C35H55NO7. The van der Waals surface area contributed by atoms with Crippen molar-refractivity contribution in [2.24, 2.45) is 51.2 Å². The van der Waals surface area contributed by atoms with Gasteiger partial charge in [0.2, 0.25) is 0 Å². The molecule has 0 aromatic rings. The van der Waals surface area contributed by atoms with Gasteiger partial charge in [-0.25, -0.2) is 0 Å². The molecule has 2 heterocycles. The molecule has 7 fully saturated rings. The number of rotatable bonds is 5. The largest absolute Gasteiger partial charge is 0.457 e. The highest BCUT2D eigenvalue weighted by molar-refractivity contribution is 5.90. The number of carbonyl (C=O) groups is 2. The number of nitrogens with one attached hydrogen (secondary N) is 1. The lowest BCUT2D eigenvalue weighted by Gasteiger charge is -2.59. The summed E-state index contributed by atoms with van der Waals surface area (Å²) in [5, 5.41) is 14.3. The van der Waals surface area contributed by atoms with E-state index in [0.717, 1.165) is 45.2 Å². The van der Waals surface area contributed by atoms with Gasteiger partial charge in [0, 0.05) is 25.9 Å². The van der Waals surface area contributed by atoms with Gasteiger partial charge in [0.25, 0.3) is 0 Å². The van der Waals surface area contributed by atoms with Crippen molar-refractivity contribution in [1.82, 2.24) is 5.32 Å². The molecule has 2 spiro atoms. The molecule has 2 aliphatic heterocycles. The minimum atomic E-state index is -1.26. The number of carbonyl (C=O) groups excluding carboxylic acids is 2. The average molecular weight is 602 g/mol. The maximum absolute atomic E-state index is 14.6. The van der Waals surface area contributed by atoms with Gasteiger partial charge >= 0.3 is 5.97 Å². The first-order chi connectivity index (χ1) is 20.2. The van der Waals surface area contributed by atoms with Gasteiger partial charge in [-0.3, -0.25) is 9.59 Å². The van der Waals surface area contributed by atoms with Crippen LogP contribution in [0.1, 0.15) is 99.8 Å². The van der Waals surface area contributed by atoms with Crippen LogP contribution in [0.2, 0.25) is 0 Å². The lowest BCUT2D eigenvalue weighted by atomic mass is 9.46. The number of hydrogen-bond acceptors (Lipinski definition) is 8. The fourth-order valence-corrected chi connectivity index (χ4v) is 12.9. The molecule has 43 heavy (non-hydrogen) atoms. The number of Topliss-reactive ketones (excluding diaryl/α,β-unsaturated/α-hetero) is 1. The van der Waals surface area contributed by atoms with Crippen LogP contribution in [0.5, 0.6) is 0 Å². The smallest absolute Gasteiger partial charge is 0.303 e. The second kappa shape index (κ2) is 9.97. The van der Waals surface area contributed by atoms with E-state index < -0.39 is 29.9 Å². The SMILES string of the molecule is CC(=O)OC(C1CC[C@H]2C(O1)C(=O)C1C3CC[C@H]4C(C)(C)C(OC5CNCCO5)CCC45[C@@H](C)C35CCC12C)C(C)(C)O. The van der Waals surface area contributed by atoms with Crippen molar-refractivity contribution in [1.29, 1.82) is 0 Å². The monoisotopic (exact) mass is 601 g/mol. The van der Waals surface area contributed by atoms with Gasteiger partial charge < -0.3 is 29.4 Å². The van der Waals surface area contributed by atoms with Crippen LogP contribution in [0.25, 0.3) is 0 Å². The van der Waals surface area contributed by atoms with Gasteiger partial charge in [-0.1, -0.05) is 27.7 Å². The molecule has 2 N–H and O–H groups in total. The molecule has 0 aromatic heterocycles. The Morgan fingerprint density at radius 2 is 1.79 bits per heavy atom. The normalized spacial score (nSPS) is 50.8. The minimum absolute atomic E-state index is 0.0193. The van der Waals surface area contributed by atoms with Crippen molar-refractivity contribution in [3.05, 3.63) is 0 Å². The van der Waals surface area contributed by atoms with Crippen LogP contribution in [0.15, 0.2) is 0 Å². The molecule has 5 aliphatic carbocycles. The number of hydrogen-bond donors (Lipinski definition) is 2. The van der Waals surface area contributed by atoms with Gasteiger partial charge in [0.1, 0.15) is 6.10 Å². The minimum Gasteiger partial charge on any atom is -0.457 e. The summed E-state index contributed by atoms with van der Waals surface area (Å²) in [6, 6.07) is 0. The van der Waals surface area contributed by atoms with Gasteiger partial charge in [-0.2, -0.15) is 0 Å². The van der Waals surface area contributed by atoms with Crippen LogP contribution in [-0.2, 0) is 28.5 Å². The summed E-state index contributed by atoms with van der Waals surface area (Å²) in [5.41, 5.74) is -0.762. The highest BCUT2D eigenvalue weighted by Gasteiger charge is 2.85. The highest BCUT2D eigenvalue weighted by Crippen LogP contribution is 2.89. The van der Waals surface area contributed by atoms with Crippen molar-refractivity contribution < 1.29 is 33.6 Å². The first-order valence-electron chi connectivity index (χ1n) is 17.3. The third-order valence-electron chi connectivity index (χ3n) is 14.5. The van der Waals surface area contributed by atoms with Crippen LogP contribution in [-0.4, -0.2) is 72.9 Å². The zero-order chi connectivity index (χ0) is 30.7. The van der Waals surface area contributed by atoms with Crippen molar-refractivity contribution in [2.45, 2.75) is 136 Å². The number of ether oxygens (including phenoxy) is 4. The summed E-state index contributed by atoms with van der Waals surface area (Å²) in [7, 11) is 0. The number of morpholine rings is 1. The summed E-state index contributed by atoms with van der Waals surface area (Å²) in [4.78, 5) is 26.5. The molecule has 10 unspecified atom stereocenters. The van der Waals surface area contributed by atoms with Crippen LogP contribution in [0, 0.1) is 51.2 Å². The van der Waals surface area contributed by atoms with E-state index in [1.807, 2.05) is 0 Å². The molecule has 242 valence electrons. The van der Waals surface area contributed by atoms with Crippen LogP contribution in [0.3, 0.4) is 0 Å². The Bertz CT molecular complexity index is 1140. The number of fused-ring (bicyclic) bond motifs is 4. The van der Waals surface area contributed by atoms with Crippen molar-refractivity contribution >= 4 is 11.8 Å². The van der Waals surface area contributed by atoms with Crippen molar-refractivity contribution in [2.75, 3.05) is 19.7 Å². The van der Waals surface area contributed by atoms with Crippen LogP contribution < -0.4 is 5.32 Å². The Morgan fingerprint density at radius 1 is 1.05 bits per heavy atom. The van der Waals surface area contributed by atoms with E-state index in [-0.39, 0.29) is 51.7 Å². The Balaban J connectivity index is 1.14. The first-order valence-corrected chi connectivity index (χ1v) is 17.3. The highest BCUT2D eigenvalue weighted by atomic mass is 16.7. The molecule has 5 saturated carbocycles. The quantitative estimate of drug-likeness (QED) is 0.439. The third-order valence-corrected chi connectivity index (χ3v) is 14.5. The van der Waals surface area contributed by atoms with Crippen molar-refractivity contribution in [3.8, 4) is 0 Å². The Hall–Kier alpha value is -1.06. The van der Waals surface area contributed by atoms with Gasteiger partial charge in [-0.15, -0.1) is 0 Å². The summed E-state index contributed by atoms with van der Waals surface area (Å²) < 4.78 is 24.8. The maximum Gasteiger partial charge on any atom is 0.303 e. The lowest BCUT2D eigenvalue weighted by molar-refractivity contribution is -0.232. The summed E-state index contributed by atoms with van der Waals surface area (Å²) in [6.45, 7) is 16.8. The summed E-state index contributed by atoms with van der Waals surface area (Å²) in [6.07, 6.45) is 6.61. The maximum atomic E-state index is 14.6. The predicted molar refractivity (Wildman–Crippen MR) is 160 cm³/mol. The third kappa shape index (κ3) is 4.11. The zero-order valence-corrected chi connectivity index (χ0v) is 27.4. The second-order valence-electron chi connectivity index (χ2n) is 16.9. The predicted octanol–water partition coefficient (Wildman–Crippen LogP) is 4.65. The average Bonchev–Trinajstić information content (AvgIpc) is 3.39. The molecule has 8 heteroatoms. The molecule has 13 atom stereocenters. The lowest BCUT2D eigenvalue weighted by Crippen LogP contribution is -2.56. The van der Waals surface area contributed by atoms with Crippen LogP contribution >= 0.6 is 0 Å². The summed E-state index contributed by atoms with van der Waals surface area (Å²) >= 11 is 0. The van der Waals surface area contributed by atoms with E-state index in [1.165, 1.54) is 19.8 Å². The van der Waals surface area contributed by atoms with Gasteiger partial charge in [-0.05, 0) is 111 Å². The first kappa shape index (κ1) is 30.6. The van der Waals surface area contributed by atoms with E-state index in [9.17, 15) is 14.7 Å². The van der Waals surface area contributed by atoms with Gasteiger partial charge in [0.05, 0.1) is 24.4 Å². The summed E-state index contributed by atoms with van der Waals surface area (Å²) in [5.74, 6) is 1.65. The Labute approximate surface area is 257 Å². The van der Waals surface area contributed by atoms with E-state index >= 15 is 0 Å². The second-order valence-corrected chi connectivity index (χ2v) is 16.9. The molecule has 8 nitrogen and oxygen atoms in total. The molecule has 0 bridgehead atoms. The molecule has 0 radical (unpaired) electrons. The van der Waals surface area contributed by atoms with Gasteiger partial charge in [0.15, 0.2) is 18.2 Å². The van der Waals surface area contributed by atoms with Crippen molar-refractivity contribution in [3.63, 3.8) is 0 Å². The molecule has 0 aromatic carbocycles. The molecule has 7 aliphatic rings. The Morgan fingerprint density at radius 3 is 2.47 bits per heavy atom. The van der Waals surface area contributed by atoms with E-state index in [4.69, 9.17) is 18.9 Å². The van der Waals surface area contributed by atoms with E-state index in [1.54, 1.807) is 13.8 Å². The Kier molecular flexibility index (Phi) is 7.09. The number of aliphatic hydroxyl groups is 1. The van der Waals surface area contributed by atoms with E-state index in [2.05, 4.69) is 33.0 Å². The molecule has 0 amide bonds. The topological polar surface area (TPSA) is 103 Å². The number of esters is 1. The van der Waals surface area contributed by atoms with E-state index in [0.29, 0.717) is 30.8 Å². The molecule has 2 saturated heterocycles. The van der Waals surface area contributed by atoms with Crippen LogP contribution in [0.4, 0.5) is 0 Å². The zero-order valence-electron chi connectivity index (χ0n) is 27.4. The fourth-order valence-electron chi connectivity index (χ4n) is 12.9. The molecular weight excluding hydrogens is 546 g/mol. The number of ketones is 1.